The van der Waals surface area contributed by atoms with Crippen molar-refractivity contribution in [2.24, 2.45) is 5.92 Å². The molecule has 11 heteroatoms. The van der Waals surface area contributed by atoms with Crippen LogP contribution in [0.5, 0.6) is 0 Å². The van der Waals surface area contributed by atoms with E-state index in [2.05, 4.69) is 4.72 Å². The zero-order valence-corrected chi connectivity index (χ0v) is 15.1. The van der Waals surface area contributed by atoms with Crippen LogP contribution in [0.1, 0.15) is 19.8 Å². The van der Waals surface area contributed by atoms with Gasteiger partial charge >= 0.3 is 11.9 Å². The minimum absolute atomic E-state index is 0.0949. The molecule has 0 fully saturated rings. The fraction of sp³-hybridized carbons (Fsp3) is 0.429. The van der Waals surface area contributed by atoms with Crippen LogP contribution in [0.3, 0.4) is 0 Å². The smallest absolute Gasteiger partial charge is 0.307 e. The van der Waals surface area contributed by atoms with Crippen molar-refractivity contribution in [2.45, 2.75) is 30.4 Å². The Labute approximate surface area is 145 Å². The first-order valence-corrected chi connectivity index (χ1v) is 10.7. The highest BCUT2D eigenvalue weighted by atomic mass is 32.2. The largest absolute Gasteiger partial charge is 0.481 e. The molecule has 0 aliphatic carbocycles. The summed E-state index contributed by atoms with van der Waals surface area (Å²) in [5.74, 6) is -5.43. The molecule has 4 N–H and O–H groups in total. The van der Waals surface area contributed by atoms with Crippen LogP contribution >= 0.6 is 7.37 Å². The summed E-state index contributed by atoms with van der Waals surface area (Å²) in [5, 5.41) is 17.7. The zero-order valence-electron chi connectivity index (χ0n) is 13.4. The van der Waals surface area contributed by atoms with E-state index in [1.807, 2.05) is 0 Å². The molecule has 0 spiro atoms. The van der Waals surface area contributed by atoms with Gasteiger partial charge in [0.15, 0.2) is 0 Å². The lowest BCUT2D eigenvalue weighted by Crippen LogP contribution is -2.34. The minimum atomic E-state index is -4.23. The van der Waals surface area contributed by atoms with Crippen LogP contribution in [0.25, 0.3) is 0 Å². The average molecular weight is 393 g/mol. The summed E-state index contributed by atoms with van der Waals surface area (Å²) >= 11 is 0. The van der Waals surface area contributed by atoms with Gasteiger partial charge in [-0.15, -0.1) is 0 Å². The summed E-state index contributed by atoms with van der Waals surface area (Å²) in [6.07, 6.45) is -1.53. The van der Waals surface area contributed by atoms with E-state index < -0.39 is 53.6 Å². The molecule has 0 aliphatic heterocycles. The number of carboxylic acid groups (broad SMARTS) is 2. The van der Waals surface area contributed by atoms with E-state index in [0.29, 0.717) is 0 Å². The number of benzene rings is 1. The summed E-state index contributed by atoms with van der Waals surface area (Å²) in [5.41, 5.74) is 0. The van der Waals surface area contributed by atoms with Gasteiger partial charge in [-0.3, -0.25) is 14.2 Å². The Morgan fingerprint density at radius 2 is 1.76 bits per heavy atom. The lowest BCUT2D eigenvalue weighted by Gasteiger charge is -2.23. The highest BCUT2D eigenvalue weighted by Gasteiger charge is 2.36. The molecule has 0 amide bonds. The number of carboxylic acids is 2. The third-order valence-electron chi connectivity index (χ3n) is 3.52. The lowest BCUT2D eigenvalue weighted by atomic mass is 10.1. The first-order chi connectivity index (χ1) is 11.5. The van der Waals surface area contributed by atoms with Crippen LogP contribution in [0, 0.1) is 5.92 Å². The van der Waals surface area contributed by atoms with E-state index in [0.717, 1.165) is 6.92 Å². The Morgan fingerprint density at radius 1 is 1.20 bits per heavy atom. The van der Waals surface area contributed by atoms with Crippen molar-refractivity contribution in [3.8, 4) is 0 Å². The molecule has 1 aromatic rings. The molecule has 0 heterocycles. The molecule has 0 saturated carbocycles. The van der Waals surface area contributed by atoms with Crippen molar-refractivity contribution in [1.82, 2.24) is 4.72 Å². The van der Waals surface area contributed by atoms with Gasteiger partial charge in [-0.2, -0.15) is 4.72 Å². The predicted octanol–water partition coefficient (Wildman–Crippen LogP) is 1.15. The predicted molar refractivity (Wildman–Crippen MR) is 88.9 cm³/mol. The van der Waals surface area contributed by atoms with Crippen molar-refractivity contribution in [1.29, 1.82) is 0 Å². The van der Waals surface area contributed by atoms with Crippen LogP contribution in [0.4, 0.5) is 0 Å². The molecule has 1 rings (SSSR count). The SMILES string of the molecule is CC(NS(=O)(=O)c1ccccc1)P(=O)(O)CC(CCC(=O)O)C(=O)O. The number of hydrogen-bond donors (Lipinski definition) is 4. The monoisotopic (exact) mass is 393 g/mol. The van der Waals surface area contributed by atoms with Gasteiger partial charge in [0.2, 0.25) is 17.4 Å². The second-order valence-corrected chi connectivity index (χ2v) is 9.88. The van der Waals surface area contributed by atoms with Crippen LogP contribution in [0.2, 0.25) is 0 Å². The molecule has 3 atom stereocenters. The molecule has 9 nitrogen and oxygen atoms in total. The Morgan fingerprint density at radius 3 is 2.24 bits per heavy atom. The Kier molecular flexibility index (Phi) is 7.30. The normalized spacial score (nSPS) is 16.6. The van der Waals surface area contributed by atoms with E-state index in [1.54, 1.807) is 6.07 Å². The van der Waals surface area contributed by atoms with Gasteiger partial charge in [-0.25, -0.2) is 8.42 Å². The number of rotatable bonds is 10. The van der Waals surface area contributed by atoms with Crippen molar-refractivity contribution >= 4 is 29.3 Å². The summed E-state index contributed by atoms with van der Waals surface area (Å²) in [6.45, 7) is 1.16. The summed E-state index contributed by atoms with van der Waals surface area (Å²) in [7, 11) is -8.28. The van der Waals surface area contributed by atoms with Gasteiger partial charge < -0.3 is 15.1 Å². The number of sulfonamides is 1. The summed E-state index contributed by atoms with van der Waals surface area (Å²) < 4.78 is 38.8. The Hall–Kier alpha value is -1.74. The maximum Gasteiger partial charge on any atom is 0.307 e. The van der Waals surface area contributed by atoms with Crippen LogP contribution in [0.15, 0.2) is 35.2 Å². The molecule has 1 aromatic carbocycles. The number of nitrogens with one attached hydrogen (secondary N) is 1. The van der Waals surface area contributed by atoms with Crippen LogP contribution in [-0.2, 0) is 24.2 Å². The van der Waals surface area contributed by atoms with Crippen molar-refractivity contribution in [3.63, 3.8) is 0 Å². The maximum absolute atomic E-state index is 12.4. The quantitative estimate of drug-likeness (QED) is 0.431. The highest BCUT2D eigenvalue weighted by molar-refractivity contribution is 7.89. The maximum atomic E-state index is 12.4. The minimum Gasteiger partial charge on any atom is -0.481 e. The third-order valence-corrected chi connectivity index (χ3v) is 7.56. The second kappa shape index (κ2) is 8.57. The molecule has 25 heavy (non-hydrogen) atoms. The number of hydrogen-bond acceptors (Lipinski definition) is 5. The van der Waals surface area contributed by atoms with Crippen molar-refractivity contribution in [2.75, 3.05) is 6.16 Å². The third kappa shape index (κ3) is 6.58. The van der Waals surface area contributed by atoms with E-state index >= 15 is 0 Å². The molecular weight excluding hydrogens is 373 g/mol. The first kappa shape index (κ1) is 21.3. The van der Waals surface area contributed by atoms with Gasteiger partial charge in [0.05, 0.1) is 16.6 Å². The van der Waals surface area contributed by atoms with Crippen LogP contribution in [-0.4, -0.2) is 47.4 Å². The van der Waals surface area contributed by atoms with Gasteiger partial charge in [-0.1, -0.05) is 18.2 Å². The standard InChI is InChI=1S/C14H20NO8PS/c1-10(15-25(22,23)12-5-3-2-4-6-12)24(20,21)9-11(14(18)19)7-8-13(16)17/h2-6,10-11,15H,7-9H2,1H3,(H,16,17)(H,18,19)(H,20,21). The Bertz CT molecular complexity index is 764. The fourth-order valence-corrected chi connectivity index (χ4v) is 5.50. The number of aliphatic carboxylic acids is 2. The molecule has 0 saturated heterocycles. The van der Waals surface area contributed by atoms with Crippen molar-refractivity contribution < 1.29 is 37.7 Å². The Balaban J connectivity index is 2.87. The average Bonchev–Trinajstić information content (AvgIpc) is 2.51. The molecule has 0 bridgehead atoms. The van der Waals surface area contributed by atoms with Gasteiger partial charge in [0.25, 0.3) is 0 Å². The van der Waals surface area contributed by atoms with Crippen molar-refractivity contribution in [3.05, 3.63) is 30.3 Å². The van der Waals surface area contributed by atoms with E-state index in [4.69, 9.17) is 10.2 Å². The topological polar surface area (TPSA) is 158 Å². The van der Waals surface area contributed by atoms with E-state index in [9.17, 15) is 27.5 Å². The molecule has 140 valence electrons. The van der Waals surface area contributed by atoms with E-state index in [1.165, 1.54) is 24.3 Å². The van der Waals surface area contributed by atoms with Gasteiger partial charge in [0.1, 0.15) is 0 Å². The second-order valence-electron chi connectivity index (χ2n) is 5.52. The summed E-state index contributed by atoms with van der Waals surface area (Å²) in [4.78, 5) is 31.7. The molecule has 3 unspecified atom stereocenters. The molecular formula is C14H20NO8PS. The fourth-order valence-electron chi connectivity index (χ4n) is 2.04. The first-order valence-electron chi connectivity index (χ1n) is 7.29. The highest BCUT2D eigenvalue weighted by Crippen LogP contribution is 2.47. The lowest BCUT2D eigenvalue weighted by molar-refractivity contribution is -0.142. The molecule has 0 aliphatic rings. The van der Waals surface area contributed by atoms with E-state index in [-0.39, 0.29) is 11.3 Å². The molecule has 0 aromatic heterocycles. The number of carbonyl (C=O) groups is 2. The summed E-state index contributed by atoms with van der Waals surface area (Å²) in [6, 6.07) is 7.21. The van der Waals surface area contributed by atoms with Crippen LogP contribution < -0.4 is 4.72 Å². The zero-order chi connectivity index (χ0) is 19.3. The van der Waals surface area contributed by atoms with Gasteiger partial charge in [-0.05, 0) is 25.5 Å². The molecule has 0 radical (unpaired) electrons. The van der Waals surface area contributed by atoms with Gasteiger partial charge in [0, 0.05) is 12.6 Å².